The number of rotatable bonds is 5. The quantitative estimate of drug-likeness (QED) is 0.745. The molecule has 2 nitrogen and oxygen atoms in total. The highest BCUT2D eigenvalue weighted by Crippen LogP contribution is 2.33. The van der Waals surface area contributed by atoms with E-state index in [4.69, 9.17) is 34.8 Å². The van der Waals surface area contributed by atoms with Gasteiger partial charge in [0.2, 0.25) is 0 Å². The van der Waals surface area contributed by atoms with Gasteiger partial charge in [0.15, 0.2) is 0 Å². The van der Waals surface area contributed by atoms with Crippen LogP contribution in [-0.4, -0.2) is 21.5 Å². The highest BCUT2D eigenvalue weighted by molar-refractivity contribution is 6.30. The summed E-state index contributed by atoms with van der Waals surface area (Å²) in [6, 6.07) is 9.82. The Morgan fingerprint density at radius 3 is 2.40 bits per heavy atom. The van der Waals surface area contributed by atoms with Crippen molar-refractivity contribution < 1.29 is 0 Å². The van der Waals surface area contributed by atoms with Gasteiger partial charge in [0.25, 0.3) is 0 Å². The topological polar surface area (TPSA) is 17.8 Å². The van der Waals surface area contributed by atoms with Crippen LogP contribution < -0.4 is 0 Å². The van der Waals surface area contributed by atoms with Crippen molar-refractivity contribution in [2.45, 2.75) is 18.8 Å². The maximum Gasteiger partial charge on any atom is 0.0596 e. The molecule has 0 radical (unpaired) electrons. The zero-order valence-electron chi connectivity index (χ0n) is 11.5. The van der Waals surface area contributed by atoms with E-state index in [0.717, 1.165) is 23.4 Å². The molecule has 0 aliphatic rings. The number of nitrogens with zero attached hydrogens (tertiary/aromatic N) is 2. The predicted octanol–water partition coefficient (Wildman–Crippen LogP) is 4.34. The van der Waals surface area contributed by atoms with E-state index in [-0.39, 0.29) is 5.41 Å². The van der Waals surface area contributed by atoms with Crippen LogP contribution in [0, 0.1) is 6.92 Å². The highest BCUT2D eigenvalue weighted by atomic mass is 35.5. The number of alkyl halides is 2. The lowest BCUT2D eigenvalue weighted by Gasteiger charge is -2.30. The lowest BCUT2D eigenvalue weighted by Crippen LogP contribution is -2.34. The van der Waals surface area contributed by atoms with Gasteiger partial charge in [0, 0.05) is 41.4 Å². The zero-order chi connectivity index (χ0) is 14.8. The van der Waals surface area contributed by atoms with E-state index in [1.165, 1.54) is 0 Å². The first-order valence-corrected chi connectivity index (χ1v) is 7.83. The Bertz CT molecular complexity index is 589. The average molecular weight is 332 g/mol. The minimum Gasteiger partial charge on any atom is -0.272 e. The van der Waals surface area contributed by atoms with Gasteiger partial charge >= 0.3 is 0 Å². The first kappa shape index (κ1) is 15.7. The third-order valence-electron chi connectivity index (χ3n) is 3.57. The number of hydrogen-bond donors (Lipinski definition) is 0. The Kier molecular flexibility index (Phi) is 5.00. The summed E-state index contributed by atoms with van der Waals surface area (Å²) in [5.41, 5.74) is 2.83. The van der Waals surface area contributed by atoms with Gasteiger partial charge in [-0.05, 0) is 30.7 Å². The van der Waals surface area contributed by atoms with Crippen molar-refractivity contribution >= 4 is 34.8 Å². The second-order valence-electron chi connectivity index (χ2n) is 5.14. The molecule has 5 heteroatoms. The first-order valence-electron chi connectivity index (χ1n) is 6.38. The van der Waals surface area contributed by atoms with E-state index in [1.807, 2.05) is 42.9 Å². The number of aromatic nitrogens is 2. The van der Waals surface area contributed by atoms with E-state index < -0.39 is 0 Å². The number of benzene rings is 1. The Balaban J connectivity index is 2.42. The minimum atomic E-state index is -0.339. The lowest BCUT2D eigenvalue weighted by molar-refractivity contribution is 0.511. The monoisotopic (exact) mass is 330 g/mol. The summed E-state index contributed by atoms with van der Waals surface area (Å²) in [5, 5.41) is 5.08. The largest absolute Gasteiger partial charge is 0.272 e. The zero-order valence-corrected chi connectivity index (χ0v) is 13.8. The Morgan fingerprint density at radius 1 is 1.20 bits per heavy atom. The van der Waals surface area contributed by atoms with Crippen molar-refractivity contribution in [2.24, 2.45) is 7.05 Å². The SMILES string of the molecule is Cc1cc(CC(CCl)(CCl)c2cccc(Cl)c2)n(C)n1. The molecule has 1 aromatic carbocycles. The van der Waals surface area contributed by atoms with Gasteiger partial charge in [-0.25, -0.2) is 0 Å². The summed E-state index contributed by atoms with van der Waals surface area (Å²) in [6.07, 6.45) is 0.734. The molecule has 0 N–H and O–H groups in total. The summed E-state index contributed by atoms with van der Waals surface area (Å²) in [7, 11) is 1.94. The smallest absolute Gasteiger partial charge is 0.0596 e. The minimum absolute atomic E-state index is 0.339. The fraction of sp³-hybridized carbons (Fsp3) is 0.400. The van der Waals surface area contributed by atoms with Crippen LogP contribution >= 0.6 is 34.8 Å². The van der Waals surface area contributed by atoms with Crippen LogP contribution in [0.4, 0.5) is 0 Å². The molecule has 0 amide bonds. The van der Waals surface area contributed by atoms with Crippen LogP contribution in [0.25, 0.3) is 0 Å². The van der Waals surface area contributed by atoms with Gasteiger partial charge < -0.3 is 0 Å². The number of halogens is 3. The first-order chi connectivity index (χ1) is 9.50. The van der Waals surface area contributed by atoms with Gasteiger partial charge in [-0.15, -0.1) is 23.2 Å². The van der Waals surface area contributed by atoms with Gasteiger partial charge in [-0.3, -0.25) is 4.68 Å². The molecule has 20 heavy (non-hydrogen) atoms. The summed E-state index contributed by atoms with van der Waals surface area (Å²) >= 11 is 18.6. The molecule has 0 saturated carbocycles. The van der Waals surface area contributed by atoms with E-state index in [2.05, 4.69) is 11.2 Å². The normalized spacial score (nSPS) is 11.8. The predicted molar refractivity (Wildman–Crippen MR) is 86.2 cm³/mol. The van der Waals surface area contributed by atoms with E-state index in [9.17, 15) is 0 Å². The van der Waals surface area contributed by atoms with Gasteiger partial charge in [-0.1, -0.05) is 23.7 Å². The number of hydrogen-bond acceptors (Lipinski definition) is 1. The maximum absolute atomic E-state index is 6.26. The second-order valence-corrected chi connectivity index (χ2v) is 6.11. The second kappa shape index (κ2) is 6.38. The fourth-order valence-corrected chi connectivity index (χ4v) is 3.35. The Hall–Kier alpha value is -0.700. The summed E-state index contributed by atoms with van der Waals surface area (Å²) in [5.74, 6) is 0.863. The summed E-state index contributed by atoms with van der Waals surface area (Å²) in [4.78, 5) is 0. The third-order valence-corrected chi connectivity index (χ3v) is 4.83. The molecule has 108 valence electrons. The summed E-state index contributed by atoms with van der Waals surface area (Å²) in [6.45, 7) is 1.98. The van der Waals surface area contributed by atoms with E-state index in [0.29, 0.717) is 16.8 Å². The molecule has 0 aliphatic heterocycles. The van der Waals surface area contributed by atoms with Gasteiger partial charge in [-0.2, -0.15) is 5.10 Å². The summed E-state index contributed by atoms with van der Waals surface area (Å²) < 4.78 is 1.88. The van der Waals surface area contributed by atoms with Crippen LogP contribution in [0.3, 0.4) is 0 Å². The maximum atomic E-state index is 6.26. The number of aryl methyl sites for hydroxylation is 2. The Morgan fingerprint density at radius 2 is 1.90 bits per heavy atom. The molecular formula is C15H17Cl3N2. The molecule has 0 aliphatic carbocycles. The molecule has 0 spiro atoms. The van der Waals surface area contributed by atoms with Crippen LogP contribution in [0.15, 0.2) is 30.3 Å². The molecule has 0 fully saturated rings. The van der Waals surface area contributed by atoms with Crippen molar-refractivity contribution in [3.8, 4) is 0 Å². The van der Waals surface area contributed by atoms with Gasteiger partial charge in [0.05, 0.1) is 5.69 Å². The van der Waals surface area contributed by atoms with Crippen LogP contribution in [0.5, 0.6) is 0 Å². The molecule has 1 aromatic heterocycles. The van der Waals surface area contributed by atoms with Crippen molar-refractivity contribution in [3.63, 3.8) is 0 Å². The van der Waals surface area contributed by atoms with Crippen molar-refractivity contribution in [3.05, 3.63) is 52.3 Å². The van der Waals surface area contributed by atoms with Crippen LogP contribution in [0.1, 0.15) is 17.0 Å². The molecule has 0 unspecified atom stereocenters. The molecule has 0 saturated heterocycles. The van der Waals surface area contributed by atoms with Crippen molar-refractivity contribution in [1.29, 1.82) is 0 Å². The van der Waals surface area contributed by atoms with Crippen molar-refractivity contribution in [1.82, 2.24) is 9.78 Å². The van der Waals surface area contributed by atoms with E-state index >= 15 is 0 Å². The fourth-order valence-electron chi connectivity index (χ4n) is 2.38. The Labute approximate surface area is 134 Å². The molecule has 2 rings (SSSR count). The van der Waals surface area contributed by atoms with Crippen LogP contribution in [0.2, 0.25) is 5.02 Å². The lowest BCUT2D eigenvalue weighted by atomic mass is 9.80. The molecule has 1 heterocycles. The third kappa shape index (κ3) is 3.13. The molecule has 0 atom stereocenters. The van der Waals surface area contributed by atoms with Crippen molar-refractivity contribution in [2.75, 3.05) is 11.8 Å². The average Bonchev–Trinajstić information content (AvgIpc) is 2.74. The highest BCUT2D eigenvalue weighted by Gasteiger charge is 2.32. The standard InChI is InChI=1S/C15H17Cl3N2/c1-11-6-14(20(2)19-11)8-15(9-16,10-17)12-4-3-5-13(18)7-12/h3-7H,8-10H2,1-2H3. The van der Waals surface area contributed by atoms with Crippen LogP contribution in [-0.2, 0) is 18.9 Å². The van der Waals surface area contributed by atoms with E-state index in [1.54, 1.807) is 0 Å². The molecule has 0 bridgehead atoms. The molecular weight excluding hydrogens is 315 g/mol. The van der Waals surface area contributed by atoms with Gasteiger partial charge in [0.1, 0.15) is 0 Å². The molecule has 2 aromatic rings.